The van der Waals surface area contributed by atoms with Crippen molar-refractivity contribution in [3.05, 3.63) is 88.2 Å². The molecule has 0 saturated carbocycles. The van der Waals surface area contributed by atoms with E-state index in [1.165, 1.54) is 12.1 Å². The molecule has 3 heterocycles. The van der Waals surface area contributed by atoms with Crippen LogP contribution in [-0.2, 0) is 9.59 Å². The minimum Gasteiger partial charge on any atom is -0.478 e. The van der Waals surface area contributed by atoms with E-state index in [1.807, 2.05) is 0 Å². The number of fused-ring (bicyclic) bond motifs is 4. The Hall–Kier alpha value is -4.11. The quantitative estimate of drug-likeness (QED) is 0.353. The van der Waals surface area contributed by atoms with Crippen molar-refractivity contribution in [2.45, 2.75) is 38.6 Å². The van der Waals surface area contributed by atoms with Crippen molar-refractivity contribution in [3.63, 3.8) is 0 Å². The van der Waals surface area contributed by atoms with Gasteiger partial charge < -0.3 is 15.3 Å². The van der Waals surface area contributed by atoms with Gasteiger partial charge in [0.1, 0.15) is 5.82 Å². The number of rotatable bonds is 3. The third kappa shape index (κ3) is 5.21. The molecular weight excluding hydrogens is 540 g/mol. The van der Waals surface area contributed by atoms with E-state index >= 15 is 0 Å². The highest BCUT2D eigenvalue weighted by Gasteiger charge is 2.31. The first kappa shape index (κ1) is 27.5. The summed E-state index contributed by atoms with van der Waals surface area (Å²) >= 11 is 5.87. The number of hydrogen-bond acceptors (Lipinski definition) is 4. The van der Waals surface area contributed by atoms with Gasteiger partial charge in [0.05, 0.1) is 27.9 Å². The lowest BCUT2D eigenvalue weighted by molar-refractivity contribution is -0.129. The number of benzene rings is 2. The number of nitrogens with one attached hydrogen (secondary N) is 1. The maximum absolute atomic E-state index is 14.7. The van der Waals surface area contributed by atoms with Crippen LogP contribution in [0.25, 0.3) is 16.7 Å². The van der Waals surface area contributed by atoms with Crippen LogP contribution in [0.4, 0.5) is 14.5 Å². The number of carbonyl (C=O) groups is 3. The van der Waals surface area contributed by atoms with Crippen molar-refractivity contribution in [3.8, 4) is 11.1 Å². The topological polar surface area (TPSA) is 99.6 Å². The molecule has 2 atom stereocenters. The van der Waals surface area contributed by atoms with Crippen LogP contribution < -0.4 is 5.32 Å². The van der Waals surface area contributed by atoms with Gasteiger partial charge in [0.2, 0.25) is 11.8 Å². The molecule has 40 heavy (non-hydrogen) atoms. The predicted octanol–water partition coefficient (Wildman–Crippen LogP) is 6.49. The minimum atomic E-state index is -1.15. The van der Waals surface area contributed by atoms with Gasteiger partial charge in [-0.1, -0.05) is 31.0 Å². The standard InChI is InChI=1S/C30H26ClF2N3O4/c1-16-4-2-7-24(36-13-11-18(15-25(36)37)27-21(32)9-8-20(31)28(27)33)23-14-17(10-12-34-23)26-19(30(39)40)5-3-6-22(26)35-29(16)38/h3,5-6,8-10,12,14-16,24H,2,4,7,11,13H2,1H3,(H,35,38)(H,39,40)/t16-,24+/m1/s1. The van der Waals surface area contributed by atoms with Crippen molar-refractivity contribution in [1.29, 1.82) is 0 Å². The summed E-state index contributed by atoms with van der Waals surface area (Å²) in [5.41, 5.74) is 1.73. The molecular formula is C30H26ClF2N3O4. The number of aromatic carboxylic acids is 1. The van der Waals surface area contributed by atoms with Gasteiger partial charge in [0.15, 0.2) is 5.82 Å². The fourth-order valence-corrected chi connectivity index (χ4v) is 5.54. The molecule has 2 N–H and O–H groups in total. The molecule has 3 aromatic rings. The minimum absolute atomic E-state index is 0.0170. The average molecular weight is 566 g/mol. The second-order valence-electron chi connectivity index (χ2n) is 10.0. The molecule has 10 heteroatoms. The third-order valence-electron chi connectivity index (χ3n) is 7.47. The molecule has 2 bridgehead atoms. The van der Waals surface area contributed by atoms with Crippen LogP contribution in [0, 0.1) is 17.6 Å². The molecule has 2 amide bonds. The molecule has 1 aromatic heterocycles. The number of carboxylic acid groups (broad SMARTS) is 1. The van der Waals surface area contributed by atoms with Crippen molar-refractivity contribution in [1.82, 2.24) is 9.88 Å². The van der Waals surface area contributed by atoms with E-state index in [4.69, 9.17) is 11.6 Å². The van der Waals surface area contributed by atoms with E-state index < -0.39 is 29.6 Å². The maximum atomic E-state index is 14.7. The Morgan fingerprint density at radius 1 is 1.12 bits per heavy atom. The van der Waals surface area contributed by atoms with E-state index in [1.54, 1.807) is 42.3 Å². The molecule has 0 radical (unpaired) electrons. The fourth-order valence-electron chi connectivity index (χ4n) is 5.38. The van der Waals surface area contributed by atoms with Crippen molar-refractivity contribution >= 4 is 40.6 Å². The Morgan fingerprint density at radius 2 is 1.93 bits per heavy atom. The number of aromatic nitrogens is 1. The average Bonchev–Trinajstić information content (AvgIpc) is 2.93. The summed E-state index contributed by atoms with van der Waals surface area (Å²) in [4.78, 5) is 44.6. The summed E-state index contributed by atoms with van der Waals surface area (Å²) in [5.74, 6) is -3.88. The first-order chi connectivity index (χ1) is 19.2. The van der Waals surface area contributed by atoms with Gasteiger partial charge >= 0.3 is 5.97 Å². The molecule has 0 unspecified atom stereocenters. The number of amides is 2. The van der Waals surface area contributed by atoms with Crippen LogP contribution in [0.5, 0.6) is 0 Å². The Kier molecular flexibility index (Phi) is 7.67. The van der Waals surface area contributed by atoms with Crippen LogP contribution in [0.2, 0.25) is 5.02 Å². The lowest BCUT2D eigenvalue weighted by Gasteiger charge is -2.34. The summed E-state index contributed by atoms with van der Waals surface area (Å²) < 4.78 is 29.2. The number of anilines is 1. The van der Waals surface area contributed by atoms with Gasteiger partial charge in [-0.05, 0) is 66.8 Å². The fraction of sp³-hybridized carbons (Fsp3) is 0.267. The van der Waals surface area contributed by atoms with E-state index in [0.717, 1.165) is 12.1 Å². The van der Waals surface area contributed by atoms with E-state index in [0.29, 0.717) is 41.8 Å². The molecule has 7 nitrogen and oxygen atoms in total. The first-order valence-electron chi connectivity index (χ1n) is 12.9. The Morgan fingerprint density at radius 3 is 2.67 bits per heavy atom. The monoisotopic (exact) mass is 565 g/mol. The summed E-state index contributed by atoms with van der Waals surface area (Å²) in [6, 6.07) is 9.79. The zero-order chi connectivity index (χ0) is 28.6. The largest absolute Gasteiger partial charge is 0.478 e. The van der Waals surface area contributed by atoms with E-state index in [9.17, 15) is 28.3 Å². The molecule has 2 aromatic carbocycles. The van der Waals surface area contributed by atoms with Crippen LogP contribution in [0.1, 0.15) is 60.3 Å². The second kappa shape index (κ2) is 11.2. The third-order valence-corrected chi connectivity index (χ3v) is 7.76. The zero-order valence-electron chi connectivity index (χ0n) is 21.6. The van der Waals surface area contributed by atoms with Gasteiger partial charge in [-0.3, -0.25) is 14.6 Å². The lowest BCUT2D eigenvalue weighted by atomic mass is 9.91. The summed E-state index contributed by atoms with van der Waals surface area (Å²) in [6.07, 6.45) is 4.58. The number of halogens is 3. The van der Waals surface area contributed by atoms with E-state index in [2.05, 4.69) is 10.3 Å². The second-order valence-corrected chi connectivity index (χ2v) is 10.4. The van der Waals surface area contributed by atoms with Crippen LogP contribution >= 0.6 is 11.6 Å². The van der Waals surface area contributed by atoms with Gasteiger partial charge in [-0.15, -0.1) is 0 Å². The highest BCUT2D eigenvalue weighted by molar-refractivity contribution is 6.31. The van der Waals surface area contributed by atoms with Gasteiger partial charge in [-0.25, -0.2) is 13.6 Å². The number of carbonyl (C=O) groups excluding carboxylic acids is 2. The molecule has 206 valence electrons. The van der Waals surface area contributed by atoms with Gasteiger partial charge in [0.25, 0.3) is 0 Å². The Labute approximate surface area is 234 Å². The lowest BCUT2D eigenvalue weighted by Crippen LogP contribution is -2.38. The predicted molar refractivity (Wildman–Crippen MR) is 147 cm³/mol. The molecule has 2 aliphatic rings. The normalized spacial score (nSPS) is 19.6. The van der Waals surface area contributed by atoms with Crippen molar-refractivity contribution in [2.24, 2.45) is 5.92 Å². The molecule has 0 aliphatic carbocycles. The molecule has 0 fully saturated rings. The molecule has 0 saturated heterocycles. The number of pyridine rings is 1. The van der Waals surface area contributed by atoms with Crippen LogP contribution in [0.15, 0.2) is 54.7 Å². The maximum Gasteiger partial charge on any atom is 0.336 e. The van der Waals surface area contributed by atoms with Crippen molar-refractivity contribution < 1.29 is 28.3 Å². The Balaban J connectivity index is 1.58. The summed E-state index contributed by atoms with van der Waals surface area (Å²) in [5, 5.41) is 12.5. The summed E-state index contributed by atoms with van der Waals surface area (Å²) in [6.45, 7) is 1.98. The smallest absolute Gasteiger partial charge is 0.336 e. The van der Waals surface area contributed by atoms with Crippen LogP contribution in [-0.4, -0.2) is 39.3 Å². The van der Waals surface area contributed by atoms with E-state index in [-0.39, 0.29) is 46.5 Å². The molecule has 5 rings (SSSR count). The first-order valence-corrected chi connectivity index (χ1v) is 13.3. The highest BCUT2D eigenvalue weighted by Crippen LogP contribution is 2.38. The summed E-state index contributed by atoms with van der Waals surface area (Å²) in [7, 11) is 0. The number of nitrogens with zero attached hydrogens (tertiary/aromatic N) is 2. The molecule has 0 spiro atoms. The van der Waals surface area contributed by atoms with Gasteiger partial charge in [0, 0.05) is 36.0 Å². The Bertz CT molecular complexity index is 1560. The number of carboxylic acids is 1. The van der Waals surface area contributed by atoms with Gasteiger partial charge in [-0.2, -0.15) is 0 Å². The van der Waals surface area contributed by atoms with Crippen molar-refractivity contribution in [2.75, 3.05) is 11.9 Å². The SMILES string of the molecule is C[C@@H]1CCC[C@H](N2CCC(c3c(F)ccc(Cl)c3F)=CC2=O)c2cc(ccn2)-c2c(cccc2C(=O)O)NC1=O. The highest BCUT2D eigenvalue weighted by atomic mass is 35.5. The zero-order valence-corrected chi connectivity index (χ0v) is 22.3. The van der Waals surface area contributed by atoms with Crippen LogP contribution in [0.3, 0.4) is 0 Å². The number of hydrogen-bond donors (Lipinski definition) is 2. The molecule has 2 aliphatic heterocycles.